The third kappa shape index (κ3) is 3.16. The molecule has 5 nitrogen and oxygen atoms in total. The number of nitrogens with one attached hydrogen (secondary N) is 1. The van der Waals surface area contributed by atoms with Crippen molar-refractivity contribution in [2.45, 2.75) is 27.7 Å². The van der Waals surface area contributed by atoms with Crippen LogP contribution in [0.3, 0.4) is 0 Å². The maximum absolute atomic E-state index is 12.3. The zero-order chi connectivity index (χ0) is 19.8. The number of aryl methyl sites for hydroxylation is 3. The van der Waals surface area contributed by atoms with E-state index in [-0.39, 0.29) is 0 Å². The molecule has 2 aromatic heterocycles. The molecule has 1 N–H and O–H groups in total. The third-order valence-corrected chi connectivity index (χ3v) is 5.08. The van der Waals surface area contributed by atoms with E-state index in [1.807, 2.05) is 24.3 Å². The second kappa shape index (κ2) is 6.93. The van der Waals surface area contributed by atoms with Crippen LogP contribution in [0.4, 0.5) is 5.82 Å². The van der Waals surface area contributed by atoms with Gasteiger partial charge in [-0.1, -0.05) is 30.3 Å². The number of aromatic nitrogens is 1. The van der Waals surface area contributed by atoms with Crippen molar-refractivity contribution in [3.63, 3.8) is 0 Å². The van der Waals surface area contributed by atoms with E-state index in [1.165, 1.54) is 5.56 Å². The number of fused-ring (bicyclic) bond motifs is 2. The van der Waals surface area contributed by atoms with Gasteiger partial charge in [0.25, 0.3) is 0 Å². The summed E-state index contributed by atoms with van der Waals surface area (Å²) in [5.41, 5.74) is 8.55. The fourth-order valence-electron chi connectivity index (χ4n) is 3.27. The summed E-state index contributed by atoms with van der Waals surface area (Å²) >= 11 is 0. The molecule has 0 amide bonds. The van der Waals surface area contributed by atoms with Crippen molar-refractivity contribution >= 4 is 33.4 Å². The highest BCUT2D eigenvalue weighted by Crippen LogP contribution is 2.25. The molecule has 0 radical (unpaired) electrons. The predicted molar refractivity (Wildman–Crippen MR) is 114 cm³/mol. The minimum atomic E-state index is -0.407. The molecule has 0 aliphatic heterocycles. The van der Waals surface area contributed by atoms with E-state index in [0.29, 0.717) is 22.7 Å². The van der Waals surface area contributed by atoms with Crippen LogP contribution >= 0.6 is 0 Å². The Balaban J connectivity index is 1.72. The van der Waals surface area contributed by atoms with Crippen molar-refractivity contribution in [3.8, 4) is 0 Å². The van der Waals surface area contributed by atoms with Gasteiger partial charge in [0.2, 0.25) is 0 Å². The highest BCUT2D eigenvalue weighted by atomic mass is 16.4. The summed E-state index contributed by atoms with van der Waals surface area (Å²) in [7, 11) is 0. The van der Waals surface area contributed by atoms with Gasteiger partial charge in [0.15, 0.2) is 0 Å². The Morgan fingerprint density at radius 3 is 2.64 bits per heavy atom. The molecule has 140 valence electrons. The summed E-state index contributed by atoms with van der Waals surface area (Å²) in [6.07, 6.45) is 0. The smallest absolute Gasteiger partial charge is 0.345 e. The number of para-hydroxylation sites is 1. The fraction of sp³-hybridized carbons (Fsp3) is 0.174. The van der Waals surface area contributed by atoms with Gasteiger partial charge in [-0.15, -0.1) is 0 Å². The maximum atomic E-state index is 12.3. The van der Waals surface area contributed by atoms with Crippen molar-refractivity contribution in [2.75, 3.05) is 5.43 Å². The Hall–Kier alpha value is -3.47. The number of hydrogen-bond donors (Lipinski definition) is 1. The van der Waals surface area contributed by atoms with E-state index >= 15 is 0 Å². The Bertz CT molecular complexity index is 1300. The normalized spacial score (nSPS) is 11.9. The first-order valence-electron chi connectivity index (χ1n) is 9.15. The van der Waals surface area contributed by atoms with Crippen molar-refractivity contribution < 1.29 is 4.42 Å². The van der Waals surface area contributed by atoms with Gasteiger partial charge in [0, 0.05) is 10.8 Å². The lowest BCUT2D eigenvalue weighted by Crippen LogP contribution is -2.13. The van der Waals surface area contributed by atoms with Crippen molar-refractivity contribution in [2.24, 2.45) is 5.10 Å². The second-order valence-electron chi connectivity index (χ2n) is 7.02. The SMILES string of the molecule is C/C(=N/Nc1cc(C)c2ccc(C)c(C)c2n1)c1cc2ccccc2oc1=O. The second-order valence-corrected chi connectivity index (χ2v) is 7.02. The number of anilines is 1. The van der Waals surface area contributed by atoms with Gasteiger partial charge in [-0.2, -0.15) is 5.10 Å². The van der Waals surface area contributed by atoms with Crippen LogP contribution < -0.4 is 11.1 Å². The lowest BCUT2D eigenvalue weighted by atomic mass is 10.0. The minimum Gasteiger partial charge on any atom is -0.422 e. The van der Waals surface area contributed by atoms with Crippen LogP contribution in [-0.2, 0) is 0 Å². The molecule has 0 spiro atoms. The van der Waals surface area contributed by atoms with Crippen molar-refractivity contribution in [1.29, 1.82) is 0 Å². The maximum Gasteiger partial charge on any atom is 0.345 e. The Kier molecular flexibility index (Phi) is 4.43. The summed E-state index contributed by atoms with van der Waals surface area (Å²) in [5, 5.41) is 6.36. The molecular formula is C23H21N3O2. The number of nitrogens with zero attached hydrogens (tertiary/aromatic N) is 2. The summed E-state index contributed by atoms with van der Waals surface area (Å²) in [6, 6.07) is 15.4. The molecule has 2 aromatic carbocycles. The zero-order valence-corrected chi connectivity index (χ0v) is 16.3. The van der Waals surface area contributed by atoms with Crippen LogP contribution in [0.2, 0.25) is 0 Å². The van der Waals surface area contributed by atoms with Crippen LogP contribution in [0, 0.1) is 20.8 Å². The molecule has 4 aromatic rings. The standard InChI is InChI=1S/C23H21N3O2/c1-13-9-10-18-14(2)11-21(24-22(18)15(13)3)26-25-16(4)19-12-17-7-5-6-8-20(17)28-23(19)27/h5-12H,1-4H3,(H,24,26)/b25-16-. The molecule has 0 saturated heterocycles. The van der Waals surface area contributed by atoms with Gasteiger partial charge in [-0.05, 0) is 62.6 Å². The van der Waals surface area contributed by atoms with Crippen LogP contribution in [0.15, 0.2) is 62.8 Å². The number of pyridine rings is 1. The van der Waals surface area contributed by atoms with E-state index in [9.17, 15) is 4.79 Å². The summed E-state index contributed by atoms with van der Waals surface area (Å²) in [6.45, 7) is 7.98. The summed E-state index contributed by atoms with van der Waals surface area (Å²) in [4.78, 5) is 17.0. The third-order valence-electron chi connectivity index (χ3n) is 5.08. The quantitative estimate of drug-likeness (QED) is 0.309. The highest BCUT2D eigenvalue weighted by molar-refractivity contribution is 6.00. The highest BCUT2D eigenvalue weighted by Gasteiger charge is 2.10. The number of hydrogen-bond acceptors (Lipinski definition) is 5. The van der Waals surface area contributed by atoms with E-state index < -0.39 is 5.63 Å². The lowest BCUT2D eigenvalue weighted by Gasteiger charge is -2.10. The monoisotopic (exact) mass is 371 g/mol. The first-order valence-corrected chi connectivity index (χ1v) is 9.15. The number of hydrazone groups is 1. The Morgan fingerprint density at radius 1 is 1.04 bits per heavy atom. The number of benzene rings is 2. The van der Waals surface area contributed by atoms with Crippen LogP contribution in [0.1, 0.15) is 29.2 Å². The average Bonchev–Trinajstić information content (AvgIpc) is 2.68. The van der Waals surface area contributed by atoms with Gasteiger partial charge in [-0.3, -0.25) is 5.43 Å². The summed E-state index contributed by atoms with van der Waals surface area (Å²) < 4.78 is 5.39. The summed E-state index contributed by atoms with van der Waals surface area (Å²) in [5.74, 6) is 0.642. The lowest BCUT2D eigenvalue weighted by molar-refractivity contribution is 0.559. The molecule has 0 atom stereocenters. The molecule has 0 fully saturated rings. The first kappa shape index (κ1) is 17.9. The Morgan fingerprint density at radius 2 is 1.82 bits per heavy atom. The molecular weight excluding hydrogens is 350 g/mol. The van der Waals surface area contributed by atoms with Gasteiger partial charge >= 0.3 is 5.63 Å². The molecule has 0 saturated carbocycles. The van der Waals surface area contributed by atoms with Crippen LogP contribution in [-0.4, -0.2) is 10.7 Å². The molecule has 0 bridgehead atoms. The van der Waals surface area contributed by atoms with E-state index in [4.69, 9.17) is 9.40 Å². The molecule has 28 heavy (non-hydrogen) atoms. The van der Waals surface area contributed by atoms with Gasteiger partial charge < -0.3 is 4.42 Å². The Labute approximate surface area is 162 Å². The van der Waals surface area contributed by atoms with Gasteiger partial charge in [0.05, 0.1) is 16.8 Å². The molecule has 4 rings (SSSR count). The number of rotatable bonds is 3. The fourth-order valence-corrected chi connectivity index (χ4v) is 3.27. The van der Waals surface area contributed by atoms with Crippen molar-refractivity contribution in [3.05, 3.63) is 81.2 Å². The molecule has 2 heterocycles. The van der Waals surface area contributed by atoms with Gasteiger partial charge in [-0.25, -0.2) is 9.78 Å². The van der Waals surface area contributed by atoms with Crippen molar-refractivity contribution in [1.82, 2.24) is 4.98 Å². The first-order chi connectivity index (χ1) is 13.4. The van der Waals surface area contributed by atoms with E-state index in [2.05, 4.69) is 43.4 Å². The largest absolute Gasteiger partial charge is 0.422 e. The van der Waals surface area contributed by atoms with E-state index in [1.54, 1.807) is 19.1 Å². The topological polar surface area (TPSA) is 67.5 Å². The molecule has 5 heteroatoms. The molecule has 0 aliphatic carbocycles. The molecule has 0 unspecified atom stereocenters. The average molecular weight is 371 g/mol. The van der Waals surface area contributed by atoms with E-state index in [0.717, 1.165) is 27.4 Å². The minimum absolute atomic E-state index is 0.407. The van der Waals surface area contributed by atoms with Gasteiger partial charge in [0.1, 0.15) is 11.4 Å². The zero-order valence-electron chi connectivity index (χ0n) is 16.3. The van der Waals surface area contributed by atoms with Crippen LogP contribution in [0.25, 0.3) is 21.9 Å². The molecule has 0 aliphatic rings. The van der Waals surface area contributed by atoms with Crippen LogP contribution in [0.5, 0.6) is 0 Å². The predicted octanol–water partition coefficient (Wildman–Crippen LogP) is 5.10.